The number of hydrogen-bond acceptors (Lipinski definition) is 2. The second-order valence-electron chi connectivity index (χ2n) is 4.87. The summed E-state index contributed by atoms with van der Waals surface area (Å²) >= 11 is 0. The van der Waals surface area contributed by atoms with Gasteiger partial charge in [0.05, 0.1) is 11.7 Å². The Kier molecular flexibility index (Phi) is 4.35. The van der Waals surface area contributed by atoms with Gasteiger partial charge in [0.25, 0.3) is 0 Å². The van der Waals surface area contributed by atoms with Crippen molar-refractivity contribution < 1.29 is 4.79 Å². The fourth-order valence-electron chi connectivity index (χ4n) is 1.89. The van der Waals surface area contributed by atoms with Crippen molar-refractivity contribution in [2.24, 2.45) is 0 Å². The number of aromatic nitrogens is 1. The third-order valence-electron chi connectivity index (χ3n) is 3.24. The minimum atomic E-state index is -0.230. The van der Waals surface area contributed by atoms with E-state index in [1.165, 1.54) is 5.56 Å². The van der Waals surface area contributed by atoms with E-state index >= 15 is 0 Å². The van der Waals surface area contributed by atoms with E-state index in [-0.39, 0.29) is 12.1 Å². The molecule has 4 nitrogen and oxygen atoms in total. The fraction of sp³-hybridized carbons (Fsp3) is 0.250. The van der Waals surface area contributed by atoms with Gasteiger partial charge in [0, 0.05) is 11.9 Å². The van der Waals surface area contributed by atoms with Crippen LogP contribution in [-0.2, 0) is 0 Å². The summed E-state index contributed by atoms with van der Waals surface area (Å²) < 4.78 is 0. The van der Waals surface area contributed by atoms with E-state index in [0.717, 1.165) is 16.9 Å². The van der Waals surface area contributed by atoms with E-state index in [0.29, 0.717) is 0 Å². The Balaban J connectivity index is 1.97. The van der Waals surface area contributed by atoms with Crippen molar-refractivity contribution in [3.8, 4) is 0 Å². The van der Waals surface area contributed by atoms with Gasteiger partial charge in [0.1, 0.15) is 0 Å². The molecule has 104 valence electrons. The lowest BCUT2D eigenvalue weighted by Crippen LogP contribution is -2.31. The summed E-state index contributed by atoms with van der Waals surface area (Å²) in [6.45, 7) is 5.97. The molecule has 2 N–H and O–H groups in total. The normalized spacial score (nSPS) is 11.8. The molecule has 0 aliphatic carbocycles. The minimum Gasteiger partial charge on any atom is -0.330 e. The number of hydrogen-bond donors (Lipinski definition) is 2. The number of carbonyl (C=O) groups excluding carboxylic acids is 1. The monoisotopic (exact) mass is 269 g/mol. The molecule has 0 bridgehead atoms. The molecule has 0 spiro atoms. The third kappa shape index (κ3) is 3.57. The van der Waals surface area contributed by atoms with Gasteiger partial charge < -0.3 is 10.6 Å². The van der Waals surface area contributed by atoms with Crippen molar-refractivity contribution in [2.75, 3.05) is 5.32 Å². The molecule has 2 rings (SSSR count). The van der Waals surface area contributed by atoms with E-state index < -0.39 is 0 Å². The molecule has 0 fully saturated rings. The smallest absolute Gasteiger partial charge is 0.319 e. The van der Waals surface area contributed by atoms with Crippen molar-refractivity contribution in [3.05, 3.63) is 59.4 Å². The highest BCUT2D eigenvalue weighted by Gasteiger charge is 2.10. The second-order valence-corrected chi connectivity index (χ2v) is 4.87. The Labute approximate surface area is 119 Å². The van der Waals surface area contributed by atoms with E-state index in [9.17, 15) is 4.79 Å². The van der Waals surface area contributed by atoms with Crippen molar-refractivity contribution in [1.29, 1.82) is 0 Å². The van der Waals surface area contributed by atoms with Gasteiger partial charge >= 0.3 is 6.03 Å². The molecule has 1 aromatic carbocycles. The van der Waals surface area contributed by atoms with Crippen LogP contribution in [0, 0.1) is 13.8 Å². The van der Waals surface area contributed by atoms with Gasteiger partial charge in [0.2, 0.25) is 0 Å². The van der Waals surface area contributed by atoms with Gasteiger partial charge in [-0.25, -0.2) is 4.79 Å². The summed E-state index contributed by atoms with van der Waals surface area (Å²) in [7, 11) is 0. The number of pyridine rings is 1. The summed E-state index contributed by atoms with van der Waals surface area (Å²) in [5.41, 5.74) is 3.99. The van der Waals surface area contributed by atoms with Gasteiger partial charge in [-0.3, -0.25) is 4.98 Å². The predicted molar refractivity (Wildman–Crippen MR) is 80.7 cm³/mol. The molecule has 0 saturated carbocycles. The number of nitrogens with zero attached hydrogens (tertiary/aromatic N) is 1. The van der Waals surface area contributed by atoms with Crippen LogP contribution in [0.25, 0.3) is 0 Å². The Morgan fingerprint density at radius 3 is 2.60 bits per heavy atom. The van der Waals surface area contributed by atoms with Crippen LogP contribution < -0.4 is 10.6 Å². The third-order valence-corrected chi connectivity index (χ3v) is 3.24. The molecule has 0 aliphatic heterocycles. The molecular weight excluding hydrogens is 250 g/mol. The first-order valence-corrected chi connectivity index (χ1v) is 6.62. The number of benzene rings is 1. The second kappa shape index (κ2) is 6.19. The standard InChI is InChI=1S/C16H19N3O/c1-11-7-8-14(10-12(11)2)19-16(20)18-13(3)15-6-4-5-9-17-15/h4-10,13H,1-3H3,(H2,18,19,20)/t13-/m0/s1. The molecule has 0 unspecified atom stereocenters. The number of nitrogens with one attached hydrogen (secondary N) is 2. The molecule has 2 amide bonds. The van der Waals surface area contributed by atoms with Crippen molar-refractivity contribution >= 4 is 11.7 Å². The highest BCUT2D eigenvalue weighted by atomic mass is 16.2. The maximum atomic E-state index is 11.9. The highest BCUT2D eigenvalue weighted by Crippen LogP contribution is 2.14. The maximum Gasteiger partial charge on any atom is 0.319 e. The van der Waals surface area contributed by atoms with Crippen LogP contribution in [-0.4, -0.2) is 11.0 Å². The zero-order valence-corrected chi connectivity index (χ0v) is 12.0. The van der Waals surface area contributed by atoms with Gasteiger partial charge in [-0.2, -0.15) is 0 Å². The first-order valence-electron chi connectivity index (χ1n) is 6.62. The van der Waals surface area contributed by atoms with Crippen molar-refractivity contribution in [1.82, 2.24) is 10.3 Å². The SMILES string of the molecule is Cc1ccc(NC(=O)N[C@@H](C)c2ccccn2)cc1C. The Morgan fingerprint density at radius 1 is 1.15 bits per heavy atom. The average Bonchev–Trinajstić information content (AvgIpc) is 2.44. The lowest BCUT2D eigenvalue weighted by molar-refractivity contribution is 0.249. The van der Waals surface area contributed by atoms with E-state index in [4.69, 9.17) is 0 Å². The first-order chi connectivity index (χ1) is 9.56. The predicted octanol–water partition coefficient (Wildman–Crippen LogP) is 3.58. The number of rotatable bonds is 3. The summed E-state index contributed by atoms with van der Waals surface area (Å²) in [4.78, 5) is 16.2. The Morgan fingerprint density at radius 2 is 1.95 bits per heavy atom. The molecule has 0 saturated heterocycles. The largest absolute Gasteiger partial charge is 0.330 e. The zero-order chi connectivity index (χ0) is 14.5. The molecule has 1 heterocycles. The molecular formula is C16H19N3O. The summed E-state index contributed by atoms with van der Waals surface area (Å²) in [6.07, 6.45) is 1.72. The van der Waals surface area contributed by atoms with Crippen LogP contribution in [0.4, 0.5) is 10.5 Å². The minimum absolute atomic E-state index is 0.136. The Hall–Kier alpha value is -2.36. The van der Waals surface area contributed by atoms with E-state index in [1.54, 1.807) is 6.20 Å². The summed E-state index contributed by atoms with van der Waals surface area (Å²) in [5, 5.41) is 5.70. The van der Waals surface area contributed by atoms with Crippen LogP contribution in [0.5, 0.6) is 0 Å². The first kappa shape index (κ1) is 14.1. The summed E-state index contributed by atoms with van der Waals surface area (Å²) in [5.74, 6) is 0. The maximum absolute atomic E-state index is 11.9. The van der Waals surface area contributed by atoms with Crippen molar-refractivity contribution in [2.45, 2.75) is 26.8 Å². The number of aryl methyl sites for hydroxylation is 2. The lowest BCUT2D eigenvalue weighted by atomic mass is 10.1. The van der Waals surface area contributed by atoms with Gasteiger partial charge in [-0.05, 0) is 56.2 Å². The van der Waals surface area contributed by atoms with Crippen LogP contribution >= 0.6 is 0 Å². The van der Waals surface area contributed by atoms with Crippen LogP contribution in [0.3, 0.4) is 0 Å². The molecule has 20 heavy (non-hydrogen) atoms. The molecule has 1 aromatic heterocycles. The fourth-order valence-corrected chi connectivity index (χ4v) is 1.89. The van der Waals surface area contributed by atoms with Gasteiger partial charge in [-0.1, -0.05) is 12.1 Å². The quantitative estimate of drug-likeness (QED) is 0.894. The van der Waals surface area contributed by atoms with Crippen LogP contribution in [0.1, 0.15) is 29.8 Å². The number of anilines is 1. The van der Waals surface area contributed by atoms with Crippen molar-refractivity contribution in [3.63, 3.8) is 0 Å². The van der Waals surface area contributed by atoms with Gasteiger partial charge in [-0.15, -0.1) is 0 Å². The zero-order valence-electron chi connectivity index (χ0n) is 12.0. The van der Waals surface area contributed by atoms with Gasteiger partial charge in [0.15, 0.2) is 0 Å². The number of amides is 2. The molecule has 2 aromatic rings. The number of urea groups is 1. The molecule has 1 atom stereocenters. The Bertz CT molecular complexity index is 596. The lowest BCUT2D eigenvalue weighted by Gasteiger charge is -2.14. The van der Waals surface area contributed by atoms with E-state index in [1.807, 2.05) is 57.2 Å². The van der Waals surface area contributed by atoms with E-state index in [2.05, 4.69) is 15.6 Å². The average molecular weight is 269 g/mol. The molecule has 0 aliphatic rings. The highest BCUT2D eigenvalue weighted by molar-refractivity contribution is 5.89. The van der Waals surface area contributed by atoms with Crippen LogP contribution in [0.15, 0.2) is 42.6 Å². The molecule has 4 heteroatoms. The topological polar surface area (TPSA) is 54.0 Å². The van der Waals surface area contributed by atoms with Crippen LogP contribution in [0.2, 0.25) is 0 Å². The number of carbonyl (C=O) groups is 1. The molecule has 0 radical (unpaired) electrons. The summed E-state index contributed by atoms with van der Waals surface area (Å²) in [6, 6.07) is 11.1.